The minimum Gasteiger partial charge on any atom is -0.478 e. The van der Waals surface area contributed by atoms with Crippen LogP contribution in [0.4, 0.5) is 15.8 Å². The molecule has 0 spiro atoms. The van der Waals surface area contributed by atoms with Crippen LogP contribution in [0.15, 0.2) is 65.6 Å². The number of para-hydroxylation sites is 1. The van der Waals surface area contributed by atoms with Gasteiger partial charge < -0.3 is 10.0 Å². The number of benzene rings is 3. The molecule has 34 heavy (non-hydrogen) atoms. The molecule has 0 aromatic heterocycles. The highest BCUT2D eigenvalue weighted by Gasteiger charge is 2.39. The van der Waals surface area contributed by atoms with Gasteiger partial charge in [0, 0.05) is 30.9 Å². The second kappa shape index (κ2) is 9.20. The van der Waals surface area contributed by atoms with Crippen LogP contribution in [-0.2, 0) is 0 Å². The van der Waals surface area contributed by atoms with Gasteiger partial charge in [-0.15, -0.1) is 10.8 Å². The second-order valence-corrected chi connectivity index (χ2v) is 11.1. The lowest BCUT2D eigenvalue weighted by Gasteiger charge is -2.44. The fourth-order valence-electron chi connectivity index (χ4n) is 4.28. The summed E-state index contributed by atoms with van der Waals surface area (Å²) in [6.07, 6.45) is 0. The summed E-state index contributed by atoms with van der Waals surface area (Å²) >= 11 is 6.67. The van der Waals surface area contributed by atoms with Gasteiger partial charge >= 0.3 is 5.97 Å². The topological polar surface area (TPSA) is 84.2 Å². The van der Waals surface area contributed by atoms with Crippen LogP contribution in [0.5, 0.6) is 0 Å². The number of halogens is 2. The van der Waals surface area contributed by atoms with E-state index in [1.807, 2.05) is 49.1 Å². The third kappa shape index (κ3) is 4.28. The molecule has 0 saturated heterocycles. The van der Waals surface area contributed by atoms with E-state index in [9.17, 15) is 23.4 Å². The smallest absolute Gasteiger partial charge is 0.338 e. The van der Waals surface area contributed by atoms with E-state index < -0.39 is 28.1 Å². The van der Waals surface area contributed by atoms with Crippen LogP contribution < -0.4 is 4.90 Å². The Morgan fingerprint density at radius 2 is 1.79 bits per heavy atom. The summed E-state index contributed by atoms with van der Waals surface area (Å²) in [6.45, 7) is 4.55. The van der Waals surface area contributed by atoms with Crippen molar-refractivity contribution in [2.75, 3.05) is 18.5 Å². The fraction of sp³-hybridized carbons (Fsp3) is 0.240. The largest absolute Gasteiger partial charge is 0.478 e. The van der Waals surface area contributed by atoms with Gasteiger partial charge in [-0.1, -0.05) is 49.7 Å². The van der Waals surface area contributed by atoms with E-state index in [-0.39, 0.29) is 21.9 Å². The monoisotopic (exact) mass is 504 g/mol. The molecule has 1 atom stereocenters. The fourth-order valence-corrected chi connectivity index (χ4v) is 6.27. The summed E-state index contributed by atoms with van der Waals surface area (Å²) < 4.78 is 38.5. The molecule has 1 heterocycles. The number of carboxylic acids is 1. The summed E-state index contributed by atoms with van der Waals surface area (Å²) in [5, 5.41) is 9.61. The Balaban J connectivity index is 1.97. The van der Waals surface area contributed by atoms with E-state index in [1.54, 1.807) is 23.5 Å². The number of hydrogen-bond donors (Lipinski definition) is 3. The highest BCUT2D eigenvalue weighted by Crippen LogP contribution is 2.60. The van der Waals surface area contributed by atoms with Gasteiger partial charge in [-0.3, -0.25) is 9.11 Å². The Bertz CT molecular complexity index is 1240. The number of aromatic carboxylic acids is 1. The van der Waals surface area contributed by atoms with Crippen LogP contribution >= 0.6 is 22.4 Å². The van der Waals surface area contributed by atoms with Crippen molar-refractivity contribution in [1.29, 1.82) is 0 Å². The van der Waals surface area contributed by atoms with E-state index in [2.05, 4.69) is 0 Å². The summed E-state index contributed by atoms with van der Waals surface area (Å²) in [6, 6.07) is 16.3. The molecule has 180 valence electrons. The predicted octanol–water partition coefficient (Wildman–Crippen LogP) is 6.98. The lowest BCUT2D eigenvalue weighted by molar-refractivity contribution is 0.0692. The zero-order valence-corrected chi connectivity index (χ0v) is 20.5. The van der Waals surface area contributed by atoms with E-state index >= 15 is 0 Å². The minimum absolute atomic E-state index is 0.113. The number of carboxylic acid groups (broad SMARTS) is 1. The molecule has 0 amide bonds. The van der Waals surface area contributed by atoms with Crippen LogP contribution in [0.3, 0.4) is 0 Å². The van der Waals surface area contributed by atoms with Crippen LogP contribution in [0.1, 0.15) is 24.2 Å². The number of carbonyl (C=O) groups is 1. The van der Waals surface area contributed by atoms with E-state index in [4.69, 9.17) is 11.6 Å². The Kier molecular flexibility index (Phi) is 6.63. The number of nitrogens with zero attached hydrogens (tertiary/aromatic N) is 2. The third-order valence-electron chi connectivity index (χ3n) is 6.22. The molecule has 9 heteroatoms. The van der Waals surface area contributed by atoms with Crippen molar-refractivity contribution in [3.63, 3.8) is 0 Å². The first-order valence-electron chi connectivity index (χ1n) is 10.7. The van der Waals surface area contributed by atoms with Gasteiger partial charge in [0.2, 0.25) is 0 Å². The highest BCUT2D eigenvalue weighted by molar-refractivity contribution is 8.22. The summed E-state index contributed by atoms with van der Waals surface area (Å²) in [5.41, 5.74) is 1.68. The van der Waals surface area contributed by atoms with Gasteiger partial charge in [0.05, 0.1) is 21.2 Å². The van der Waals surface area contributed by atoms with Gasteiger partial charge in [-0.25, -0.2) is 9.18 Å². The van der Waals surface area contributed by atoms with Crippen LogP contribution in [0.2, 0.25) is 5.02 Å². The molecule has 4 rings (SSSR count). The maximum atomic E-state index is 14.0. The number of fused-ring (bicyclic) bond motifs is 1. The first-order valence-corrected chi connectivity index (χ1v) is 12.6. The lowest BCUT2D eigenvalue weighted by Crippen LogP contribution is -2.42. The van der Waals surface area contributed by atoms with Gasteiger partial charge in [-0.2, -0.15) is 4.31 Å². The average molecular weight is 505 g/mol. The zero-order chi connectivity index (χ0) is 24.8. The van der Waals surface area contributed by atoms with E-state index in [1.165, 1.54) is 12.1 Å². The molecule has 6 nitrogen and oxygen atoms in total. The van der Waals surface area contributed by atoms with E-state index in [0.29, 0.717) is 23.4 Å². The molecule has 0 radical (unpaired) electrons. The van der Waals surface area contributed by atoms with Gasteiger partial charge in [-0.05, 0) is 47.9 Å². The molecule has 0 bridgehead atoms. The molecular weight excluding hydrogens is 479 g/mol. The lowest BCUT2D eigenvalue weighted by atomic mass is 10.0. The maximum Gasteiger partial charge on any atom is 0.338 e. The van der Waals surface area contributed by atoms with Gasteiger partial charge in [0.25, 0.3) is 0 Å². The van der Waals surface area contributed by atoms with Crippen molar-refractivity contribution in [2.45, 2.75) is 24.8 Å². The first-order chi connectivity index (χ1) is 16.0. The van der Waals surface area contributed by atoms with Crippen molar-refractivity contribution >= 4 is 39.7 Å². The molecule has 1 unspecified atom stereocenters. The normalized spacial score (nSPS) is 18.9. The predicted molar refractivity (Wildman–Crippen MR) is 135 cm³/mol. The molecule has 0 fully saturated rings. The molecule has 3 aromatic carbocycles. The van der Waals surface area contributed by atoms with Crippen LogP contribution in [0.25, 0.3) is 11.1 Å². The average Bonchev–Trinajstić information content (AvgIpc) is 2.87. The molecule has 0 saturated carbocycles. The maximum absolute atomic E-state index is 14.0. The SMILES string of the molecule is CC(C)C1CN(c2ccccc2)c2cc(Cl)c(-c3ccc(F)c(C(=O)O)c3)cc2S(O)(O)N1C. The third-order valence-corrected chi connectivity index (χ3v) is 8.52. The highest BCUT2D eigenvalue weighted by atomic mass is 35.5. The Hall–Kier alpha value is -2.62. The van der Waals surface area contributed by atoms with Gasteiger partial charge in [0.15, 0.2) is 0 Å². The Morgan fingerprint density at radius 1 is 1.12 bits per heavy atom. The molecule has 1 aliphatic rings. The van der Waals surface area contributed by atoms with Crippen molar-refractivity contribution in [3.05, 3.63) is 77.1 Å². The standard InChI is InChI=1S/C25H26ClFN2O4S/c1-15(2)23-14-29(17-7-5-4-6-8-17)22-13-20(26)18(12-24(22)34(32,33)28(23)3)16-9-10-21(27)19(11-16)25(30)31/h4-13,15,23,32-33H,14H2,1-3H3,(H,30,31). The van der Waals surface area contributed by atoms with Crippen molar-refractivity contribution < 1.29 is 23.4 Å². The molecule has 0 aliphatic carbocycles. The molecule has 3 aromatic rings. The molecule has 3 N–H and O–H groups in total. The number of likely N-dealkylation sites (N-methyl/N-ethyl adjacent to an activating group) is 1. The number of hydrogen-bond acceptors (Lipinski definition) is 5. The molecular formula is C25H26ClFN2O4S. The Labute approximate surface area is 204 Å². The van der Waals surface area contributed by atoms with Crippen LogP contribution in [0, 0.1) is 11.7 Å². The first kappa shape index (κ1) is 24.5. The van der Waals surface area contributed by atoms with Crippen LogP contribution in [-0.4, -0.2) is 44.1 Å². The minimum atomic E-state index is -3.43. The quantitative estimate of drug-likeness (QED) is 0.355. The molecule has 1 aliphatic heterocycles. The summed E-state index contributed by atoms with van der Waals surface area (Å²) in [4.78, 5) is 13.7. The Morgan fingerprint density at radius 3 is 2.41 bits per heavy atom. The number of rotatable bonds is 4. The number of anilines is 2. The zero-order valence-electron chi connectivity index (χ0n) is 18.9. The summed E-state index contributed by atoms with van der Waals surface area (Å²) in [5.74, 6) is -2.15. The second-order valence-electron chi connectivity index (χ2n) is 8.62. The van der Waals surface area contributed by atoms with Crippen molar-refractivity contribution in [2.24, 2.45) is 5.92 Å². The summed E-state index contributed by atoms with van der Waals surface area (Å²) in [7, 11) is -1.74. The van der Waals surface area contributed by atoms with Crippen molar-refractivity contribution in [1.82, 2.24) is 4.31 Å². The van der Waals surface area contributed by atoms with E-state index in [0.717, 1.165) is 11.8 Å². The van der Waals surface area contributed by atoms with Gasteiger partial charge in [0.1, 0.15) is 5.82 Å². The van der Waals surface area contributed by atoms with Crippen molar-refractivity contribution in [3.8, 4) is 11.1 Å².